The predicted molar refractivity (Wildman–Crippen MR) is 103 cm³/mol. The van der Waals surface area contributed by atoms with Gasteiger partial charge in [0.2, 0.25) is 0 Å². The van der Waals surface area contributed by atoms with Gasteiger partial charge in [-0.1, -0.05) is 18.2 Å². The third-order valence-corrected chi connectivity index (χ3v) is 4.56. The summed E-state index contributed by atoms with van der Waals surface area (Å²) < 4.78 is 5.38. The van der Waals surface area contributed by atoms with Crippen molar-refractivity contribution in [2.75, 3.05) is 11.9 Å². The molecule has 0 unspecified atom stereocenters. The van der Waals surface area contributed by atoms with Crippen molar-refractivity contribution in [3.05, 3.63) is 58.7 Å². The number of phenolic OH excluding ortho intramolecular Hbond substituents is 1. The van der Waals surface area contributed by atoms with E-state index in [4.69, 9.17) is 4.74 Å². The van der Waals surface area contributed by atoms with Gasteiger partial charge < -0.3 is 20.5 Å². The summed E-state index contributed by atoms with van der Waals surface area (Å²) in [5, 5.41) is 15.8. The molecule has 0 aromatic heterocycles. The lowest BCUT2D eigenvalue weighted by Crippen LogP contribution is -2.27. The monoisotopic (exact) mass is 368 g/mol. The molecular formula is C21H24N2O4. The van der Waals surface area contributed by atoms with Gasteiger partial charge >= 0.3 is 0 Å². The van der Waals surface area contributed by atoms with Crippen molar-refractivity contribution in [2.45, 2.75) is 39.3 Å². The Morgan fingerprint density at radius 1 is 1.22 bits per heavy atom. The molecular weight excluding hydrogens is 344 g/mol. The second-order valence-corrected chi connectivity index (χ2v) is 6.85. The summed E-state index contributed by atoms with van der Waals surface area (Å²) in [4.78, 5) is 24.6. The molecule has 3 N–H and O–H groups in total. The first-order valence-corrected chi connectivity index (χ1v) is 9.04. The van der Waals surface area contributed by atoms with Crippen LogP contribution in [-0.2, 0) is 16.1 Å². The van der Waals surface area contributed by atoms with Crippen molar-refractivity contribution < 1.29 is 19.4 Å². The number of aryl methyl sites for hydroxylation is 2. The summed E-state index contributed by atoms with van der Waals surface area (Å²) in [5.41, 5.74) is 3.34. The van der Waals surface area contributed by atoms with Crippen molar-refractivity contribution in [3.63, 3.8) is 0 Å². The average Bonchev–Trinajstić information content (AvgIpc) is 3.18. The van der Waals surface area contributed by atoms with Gasteiger partial charge in [0.1, 0.15) is 11.9 Å². The molecule has 2 aromatic carbocycles. The highest BCUT2D eigenvalue weighted by Crippen LogP contribution is 2.23. The van der Waals surface area contributed by atoms with Crippen LogP contribution in [-0.4, -0.2) is 29.6 Å². The molecule has 6 nitrogen and oxygen atoms in total. The Bertz CT molecular complexity index is 857. The van der Waals surface area contributed by atoms with Crippen molar-refractivity contribution in [1.82, 2.24) is 5.32 Å². The number of nitrogens with one attached hydrogen (secondary N) is 2. The molecule has 142 valence electrons. The molecule has 0 spiro atoms. The second-order valence-electron chi connectivity index (χ2n) is 6.85. The molecule has 1 aliphatic heterocycles. The predicted octanol–water partition coefficient (Wildman–Crippen LogP) is 3.06. The third-order valence-electron chi connectivity index (χ3n) is 4.56. The number of hydrogen-bond donors (Lipinski definition) is 3. The molecule has 1 heterocycles. The molecule has 0 bridgehead atoms. The largest absolute Gasteiger partial charge is 0.507 e. The number of rotatable bonds is 5. The molecule has 2 aromatic rings. The highest BCUT2D eigenvalue weighted by Gasteiger charge is 2.23. The first kappa shape index (κ1) is 18.9. The first-order chi connectivity index (χ1) is 12.9. The Hall–Kier alpha value is -2.86. The van der Waals surface area contributed by atoms with Crippen molar-refractivity contribution in [2.24, 2.45) is 0 Å². The van der Waals surface area contributed by atoms with E-state index in [2.05, 4.69) is 10.6 Å². The van der Waals surface area contributed by atoms with Crippen LogP contribution in [0.25, 0.3) is 0 Å². The number of ether oxygens (including phenoxy) is 1. The Kier molecular flexibility index (Phi) is 5.76. The van der Waals surface area contributed by atoms with E-state index in [1.807, 2.05) is 31.2 Å². The van der Waals surface area contributed by atoms with Crippen LogP contribution in [0, 0.1) is 13.8 Å². The van der Waals surface area contributed by atoms with E-state index in [9.17, 15) is 14.7 Å². The Morgan fingerprint density at radius 2 is 2.04 bits per heavy atom. The van der Waals surface area contributed by atoms with Crippen LogP contribution < -0.4 is 10.6 Å². The number of carbonyl (C=O) groups is 2. The topological polar surface area (TPSA) is 87.7 Å². The summed E-state index contributed by atoms with van der Waals surface area (Å²) >= 11 is 0. The Balaban J connectivity index is 1.63. The summed E-state index contributed by atoms with van der Waals surface area (Å²) in [5.74, 6) is -0.488. The van der Waals surface area contributed by atoms with Crippen LogP contribution in [0.4, 0.5) is 5.69 Å². The summed E-state index contributed by atoms with van der Waals surface area (Å²) in [7, 11) is 0. The van der Waals surface area contributed by atoms with Gasteiger partial charge in [0.25, 0.3) is 11.8 Å². The highest BCUT2D eigenvalue weighted by atomic mass is 16.5. The first-order valence-electron chi connectivity index (χ1n) is 9.04. The SMILES string of the molecule is Cc1cc(C)c(O)c(C(=O)NCc2cccc(NC(=O)[C@H]3CCCO3)c2)c1. The molecule has 1 fully saturated rings. The Labute approximate surface area is 158 Å². The lowest BCUT2D eigenvalue weighted by atomic mass is 10.0. The molecule has 1 aliphatic rings. The fourth-order valence-corrected chi connectivity index (χ4v) is 3.18. The molecule has 0 aliphatic carbocycles. The second kappa shape index (κ2) is 8.22. The summed E-state index contributed by atoms with van der Waals surface area (Å²) in [6.45, 7) is 4.55. The van der Waals surface area contributed by atoms with Gasteiger partial charge in [-0.2, -0.15) is 0 Å². The molecule has 6 heteroatoms. The molecule has 1 atom stereocenters. The van der Waals surface area contributed by atoms with Gasteiger partial charge in [-0.15, -0.1) is 0 Å². The van der Waals surface area contributed by atoms with E-state index >= 15 is 0 Å². The minimum atomic E-state index is -0.388. The summed E-state index contributed by atoms with van der Waals surface area (Å²) in [6.07, 6.45) is 1.25. The molecule has 1 saturated heterocycles. The van der Waals surface area contributed by atoms with E-state index in [0.717, 1.165) is 24.0 Å². The molecule has 27 heavy (non-hydrogen) atoms. The van der Waals surface area contributed by atoms with Crippen LogP contribution in [0.1, 0.15) is 39.9 Å². The molecule has 3 rings (SSSR count). The maximum atomic E-state index is 12.4. The van der Waals surface area contributed by atoms with Crippen LogP contribution in [0.2, 0.25) is 0 Å². The average molecular weight is 368 g/mol. The Morgan fingerprint density at radius 3 is 2.78 bits per heavy atom. The number of anilines is 1. The van der Waals surface area contributed by atoms with Crippen LogP contribution >= 0.6 is 0 Å². The van der Waals surface area contributed by atoms with Crippen LogP contribution in [0.3, 0.4) is 0 Å². The fraction of sp³-hybridized carbons (Fsp3) is 0.333. The standard InChI is InChI=1S/C21H24N2O4/c1-13-9-14(2)19(24)17(10-13)20(25)22-12-15-5-3-6-16(11-15)23-21(26)18-7-4-8-27-18/h3,5-6,9-11,18,24H,4,7-8,12H2,1-2H3,(H,22,25)(H,23,26)/t18-/m1/s1. The smallest absolute Gasteiger partial charge is 0.255 e. The van der Waals surface area contributed by atoms with Gasteiger partial charge in [0.15, 0.2) is 0 Å². The van der Waals surface area contributed by atoms with E-state index in [-0.39, 0.29) is 35.8 Å². The number of hydrogen-bond acceptors (Lipinski definition) is 4. The minimum Gasteiger partial charge on any atom is -0.507 e. The number of phenols is 1. The van der Waals surface area contributed by atoms with Gasteiger partial charge in [-0.3, -0.25) is 9.59 Å². The van der Waals surface area contributed by atoms with E-state index in [1.165, 1.54) is 0 Å². The number of aromatic hydroxyl groups is 1. The van der Waals surface area contributed by atoms with Crippen molar-refractivity contribution >= 4 is 17.5 Å². The maximum absolute atomic E-state index is 12.4. The molecule has 2 amide bonds. The van der Waals surface area contributed by atoms with Gasteiger partial charge in [0, 0.05) is 18.8 Å². The third kappa shape index (κ3) is 4.65. The fourth-order valence-electron chi connectivity index (χ4n) is 3.18. The molecule has 0 radical (unpaired) electrons. The zero-order valence-electron chi connectivity index (χ0n) is 15.5. The number of carbonyl (C=O) groups excluding carboxylic acids is 2. The van der Waals surface area contributed by atoms with E-state index in [0.29, 0.717) is 17.9 Å². The minimum absolute atomic E-state index is 0.00400. The number of amides is 2. The van der Waals surface area contributed by atoms with Crippen molar-refractivity contribution in [1.29, 1.82) is 0 Å². The lowest BCUT2D eigenvalue weighted by molar-refractivity contribution is -0.124. The highest BCUT2D eigenvalue weighted by molar-refractivity contribution is 5.97. The van der Waals surface area contributed by atoms with Crippen LogP contribution in [0.5, 0.6) is 5.75 Å². The number of benzene rings is 2. The van der Waals surface area contributed by atoms with E-state index < -0.39 is 0 Å². The quantitative estimate of drug-likeness (QED) is 0.757. The zero-order chi connectivity index (χ0) is 19.4. The van der Waals surface area contributed by atoms with Gasteiger partial charge in [-0.05, 0) is 61.6 Å². The van der Waals surface area contributed by atoms with Crippen LogP contribution in [0.15, 0.2) is 36.4 Å². The normalized spacial score (nSPS) is 16.1. The van der Waals surface area contributed by atoms with Gasteiger partial charge in [-0.25, -0.2) is 0 Å². The molecule has 0 saturated carbocycles. The van der Waals surface area contributed by atoms with Crippen molar-refractivity contribution in [3.8, 4) is 5.75 Å². The maximum Gasteiger partial charge on any atom is 0.255 e. The summed E-state index contributed by atoms with van der Waals surface area (Å²) in [6, 6.07) is 10.8. The van der Waals surface area contributed by atoms with Gasteiger partial charge in [0.05, 0.1) is 5.56 Å². The van der Waals surface area contributed by atoms with E-state index in [1.54, 1.807) is 19.1 Å². The lowest BCUT2D eigenvalue weighted by Gasteiger charge is -2.12. The zero-order valence-corrected chi connectivity index (χ0v) is 15.5.